The minimum atomic E-state index is 0.134. The van der Waals surface area contributed by atoms with Crippen LogP contribution in [0.2, 0.25) is 0 Å². The van der Waals surface area contributed by atoms with E-state index in [1.54, 1.807) is 7.11 Å². The lowest BCUT2D eigenvalue weighted by molar-refractivity contribution is -0.671. The van der Waals surface area contributed by atoms with Crippen LogP contribution >= 0.6 is 0 Å². The molecule has 0 N–H and O–H groups in total. The van der Waals surface area contributed by atoms with Gasteiger partial charge in [-0.1, -0.05) is 20.8 Å². The van der Waals surface area contributed by atoms with E-state index < -0.39 is 0 Å². The van der Waals surface area contributed by atoms with Crippen LogP contribution in [0, 0.1) is 5.41 Å². The van der Waals surface area contributed by atoms with Crippen molar-refractivity contribution in [3.63, 3.8) is 0 Å². The van der Waals surface area contributed by atoms with Gasteiger partial charge in [0.2, 0.25) is 0 Å². The Hall–Kier alpha value is -0.890. The SMILES string of the molecule is COC(c1cc[n+](C)cc1)C(C)(C)C. The molecular weight excluding hydrogens is 174 g/mol. The number of ether oxygens (including phenoxy) is 1. The number of nitrogens with zero attached hydrogens (tertiary/aromatic N) is 1. The summed E-state index contributed by atoms with van der Waals surface area (Å²) < 4.78 is 7.56. The van der Waals surface area contributed by atoms with Crippen molar-refractivity contribution < 1.29 is 9.30 Å². The highest BCUT2D eigenvalue weighted by atomic mass is 16.5. The van der Waals surface area contributed by atoms with Crippen LogP contribution in [-0.4, -0.2) is 7.11 Å². The predicted octanol–water partition coefficient (Wildman–Crippen LogP) is 2.24. The molecule has 0 aromatic carbocycles. The average Bonchev–Trinajstić information content (AvgIpc) is 2.07. The summed E-state index contributed by atoms with van der Waals surface area (Å²) in [7, 11) is 3.78. The zero-order valence-corrected chi connectivity index (χ0v) is 9.74. The van der Waals surface area contributed by atoms with E-state index in [2.05, 4.69) is 32.9 Å². The number of pyridine rings is 1. The highest BCUT2D eigenvalue weighted by Gasteiger charge is 2.26. The van der Waals surface area contributed by atoms with Crippen LogP contribution in [0.4, 0.5) is 0 Å². The van der Waals surface area contributed by atoms with Gasteiger partial charge in [-0.25, -0.2) is 4.57 Å². The minimum absolute atomic E-state index is 0.134. The topological polar surface area (TPSA) is 13.1 Å². The van der Waals surface area contributed by atoms with E-state index in [4.69, 9.17) is 4.74 Å². The Morgan fingerprint density at radius 2 is 1.71 bits per heavy atom. The second-order valence-electron chi connectivity index (χ2n) is 4.78. The normalized spacial score (nSPS) is 14.1. The Morgan fingerprint density at radius 3 is 2.07 bits per heavy atom. The Labute approximate surface area is 86.5 Å². The third-order valence-electron chi connectivity index (χ3n) is 2.33. The lowest BCUT2D eigenvalue weighted by Gasteiger charge is -2.29. The maximum Gasteiger partial charge on any atom is 0.168 e. The Morgan fingerprint density at radius 1 is 1.21 bits per heavy atom. The molecule has 0 aliphatic carbocycles. The molecule has 14 heavy (non-hydrogen) atoms. The molecule has 1 unspecified atom stereocenters. The first kappa shape index (κ1) is 11.2. The number of hydrogen-bond acceptors (Lipinski definition) is 1. The molecule has 0 bridgehead atoms. The maximum atomic E-state index is 5.53. The second-order valence-corrected chi connectivity index (χ2v) is 4.78. The van der Waals surface area contributed by atoms with E-state index in [9.17, 15) is 0 Å². The fraction of sp³-hybridized carbons (Fsp3) is 0.583. The summed E-state index contributed by atoms with van der Waals surface area (Å²) >= 11 is 0. The highest BCUT2D eigenvalue weighted by Crippen LogP contribution is 2.34. The maximum absolute atomic E-state index is 5.53. The van der Waals surface area contributed by atoms with E-state index in [0.29, 0.717) is 0 Å². The fourth-order valence-corrected chi connectivity index (χ4v) is 1.68. The molecule has 1 rings (SSSR count). The number of methoxy groups -OCH3 is 1. The highest BCUT2D eigenvalue weighted by molar-refractivity contribution is 5.13. The van der Waals surface area contributed by atoms with E-state index in [1.165, 1.54) is 5.56 Å². The van der Waals surface area contributed by atoms with Gasteiger partial charge < -0.3 is 4.74 Å². The minimum Gasteiger partial charge on any atom is -0.376 e. The Kier molecular flexibility index (Phi) is 3.27. The van der Waals surface area contributed by atoms with Gasteiger partial charge >= 0.3 is 0 Å². The number of aryl methyl sites for hydroxylation is 1. The van der Waals surface area contributed by atoms with Gasteiger partial charge in [0.1, 0.15) is 7.05 Å². The van der Waals surface area contributed by atoms with Gasteiger partial charge in [-0.3, -0.25) is 0 Å². The standard InChI is InChI=1S/C12H20NO/c1-12(2,3)11(14-5)10-6-8-13(4)9-7-10/h6-9,11H,1-5H3/q+1. The third kappa shape index (κ3) is 2.55. The van der Waals surface area contributed by atoms with Crippen molar-refractivity contribution >= 4 is 0 Å². The van der Waals surface area contributed by atoms with Crippen LogP contribution < -0.4 is 4.57 Å². The van der Waals surface area contributed by atoms with Gasteiger partial charge in [-0.05, 0) is 11.0 Å². The molecule has 78 valence electrons. The van der Waals surface area contributed by atoms with Crippen molar-refractivity contribution in [2.45, 2.75) is 26.9 Å². The van der Waals surface area contributed by atoms with E-state index in [1.807, 2.05) is 24.0 Å². The summed E-state index contributed by atoms with van der Waals surface area (Å²) in [5, 5.41) is 0. The van der Waals surface area contributed by atoms with Crippen LogP contribution in [0.3, 0.4) is 0 Å². The van der Waals surface area contributed by atoms with Crippen molar-refractivity contribution in [2.75, 3.05) is 7.11 Å². The quantitative estimate of drug-likeness (QED) is 0.658. The molecular formula is C12H20NO+. The Balaban J connectivity index is 2.96. The first-order valence-electron chi connectivity index (χ1n) is 4.93. The van der Waals surface area contributed by atoms with Crippen LogP contribution in [0.25, 0.3) is 0 Å². The fourth-order valence-electron chi connectivity index (χ4n) is 1.68. The molecule has 1 aromatic heterocycles. The Bertz CT molecular complexity index is 284. The molecule has 0 spiro atoms. The summed E-state index contributed by atoms with van der Waals surface area (Å²) in [4.78, 5) is 0. The van der Waals surface area contributed by atoms with Gasteiger partial charge in [0.15, 0.2) is 12.4 Å². The van der Waals surface area contributed by atoms with E-state index in [-0.39, 0.29) is 11.5 Å². The molecule has 0 saturated heterocycles. The molecule has 2 heteroatoms. The van der Waals surface area contributed by atoms with Crippen molar-refractivity contribution in [3.05, 3.63) is 30.1 Å². The van der Waals surface area contributed by atoms with Gasteiger partial charge in [0.05, 0.1) is 6.10 Å². The van der Waals surface area contributed by atoms with Gasteiger partial charge in [0, 0.05) is 19.2 Å². The van der Waals surface area contributed by atoms with Gasteiger partial charge in [0.25, 0.3) is 0 Å². The lowest BCUT2D eigenvalue weighted by atomic mass is 9.85. The largest absolute Gasteiger partial charge is 0.376 e. The summed E-state index contributed by atoms with van der Waals surface area (Å²) in [6.45, 7) is 6.57. The number of aromatic nitrogens is 1. The first-order chi connectivity index (χ1) is 6.45. The van der Waals surface area contributed by atoms with Crippen LogP contribution in [0.15, 0.2) is 24.5 Å². The van der Waals surface area contributed by atoms with Crippen molar-refractivity contribution in [3.8, 4) is 0 Å². The van der Waals surface area contributed by atoms with Crippen LogP contribution in [0.5, 0.6) is 0 Å². The molecule has 0 saturated carbocycles. The zero-order valence-electron chi connectivity index (χ0n) is 9.74. The molecule has 1 atom stereocenters. The van der Waals surface area contributed by atoms with Crippen LogP contribution in [0.1, 0.15) is 32.4 Å². The van der Waals surface area contributed by atoms with E-state index in [0.717, 1.165) is 0 Å². The van der Waals surface area contributed by atoms with Gasteiger partial charge in [-0.15, -0.1) is 0 Å². The predicted molar refractivity (Wildman–Crippen MR) is 56.8 cm³/mol. The molecule has 0 fully saturated rings. The summed E-state index contributed by atoms with van der Waals surface area (Å²) in [6.07, 6.45) is 4.25. The average molecular weight is 194 g/mol. The third-order valence-corrected chi connectivity index (χ3v) is 2.33. The number of rotatable bonds is 2. The van der Waals surface area contributed by atoms with E-state index >= 15 is 0 Å². The van der Waals surface area contributed by atoms with Gasteiger partial charge in [-0.2, -0.15) is 0 Å². The monoisotopic (exact) mass is 194 g/mol. The molecule has 0 aliphatic rings. The molecule has 0 amide bonds. The molecule has 0 radical (unpaired) electrons. The second kappa shape index (κ2) is 4.09. The summed E-state index contributed by atoms with van der Waals surface area (Å²) in [5.41, 5.74) is 1.37. The van der Waals surface area contributed by atoms with Crippen molar-refractivity contribution in [2.24, 2.45) is 12.5 Å². The molecule has 0 aliphatic heterocycles. The number of hydrogen-bond donors (Lipinski definition) is 0. The smallest absolute Gasteiger partial charge is 0.168 e. The first-order valence-corrected chi connectivity index (χ1v) is 4.93. The lowest BCUT2D eigenvalue weighted by Crippen LogP contribution is -2.27. The molecule has 1 aromatic rings. The zero-order chi connectivity index (χ0) is 10.8. The van der Waals surface area contributed by atoms with Crippen LogP contribution in [-0.2, 0) is 11.8 Å². The molecule has 1 heterocycles. The molecule has 2 nitrogen and oxygen atoms in total. The summed E-state index contributed by atoms with van der Waals surface area (Å²) in [5.74, 6) is 0. The van der Waals surface area contributed by atoms with Crippen molar-refractivity contribution in [1.82, 2.24) is 0 Å². The summed E-state index contributed by atoms with van der Waals surface area (Å²) in [6, 6.07) is 4.22. The van der Waals surface area contributed by atoms with Crippen molar-refractivity contribution in [1.29, 1.82) is 0 Å².